The average Bonchev–Trinajstić information content (AvgIpc) is 4.05. The maximum atomic E-state index is 11.9. The van der Waals surface area contributed by atoms with Gasteiger partial charge in [-0.25, -0.2) is 0 Å². The number of aliphatic hydroxyl groups is 1. The molecule has 5 heteroatoms. The maximum absolute atomic E-state index is 11.9. The molecule has 0 radical (unpaired) electrons. The molecule has 1 atom stereocenters. The van der Waals surface area contributed by atoms with Gasteiger partial charge in [-0.15, -0.1) is 0 Å². The van der Waals surface area contributed by atoms with Gasteiger partial charge in [0.05, 0.1) is 33.1 Å². The van der Waals surface area contributed by atoms with Gasteiger partial charge in [-0.05, 0) is 83.4 Å². The highest BCUT2D eigenvalue weighted by molar-refractivity contribution is 6.26. The second kappa shape index (κ2) is 11.6. The first-order chi connectivity index (χ1) is 29.7. The van der Waals surface area contributed by atoms with Crippen molar-refractivity contribution < 1.29 is 9.52 Å². The molecule has 1 aliphatic rings. The molecule has 4 aromatic heterocycles. The quantitative estimate of drug-likeness (QED) is 0.195. The van der Waals surface area contributed by atoms with Gasteiger partial charge in [0.2, 0.25) is 0 Å². The van der Waals surface area contributed by atoms with Crippen LogP contribution in [0.3, 0.4) is 0 Å². The first kappa shape index (κ1) is 32.1. The minimum Gasteiger partial charge on any atom is -0.456 e. The van der Waals surface area contributed by atoms with Crippen LogP contribution in [-0.2, 0) is 0 Å². The van der Waals surface area contributed by atoms with Crippen LogP contribution in [0.2, 0.25) is 0 Å². The van der Waals surface area contributed by atoms with Gasteiger partial charge in [0.1, 0.15) is 11.2 Å². The normalized spacial score (nSPS) is 13.9. The van der Waals surface area contributed by atoms with Crippen LogP contribution in [0, 0.1) is 0 Å². The van der Waals surface area contributed by atoms with E-state index in [0.29, 0.717) is 0 Å². The first-order valence-electron chi connectivity index (χ1n) is 20.5. The zero-order chi connectivity index (χ0) is 39.2. The highest BCUT2D eigenvalue weighted by Crippen LogP contribution is 2.48. The minimum absolute atomic E-state index is 0.791. The van der Waals surface area contributed by atoms with Crippen LogP contribution in [0.5, 0.6) is 0 Å². The van der Waals surface area contributed by atoms with E-state index in [1.165, 1.54) is 32.6 Å². The Kier molecular flexibility index (Phi) is 6.23. The second-order valence-corrected chi connectivity index (χ2v) is 16.1. The fourth-order valence-corrected chi connectivity index (χ4v) is 10.7. The lowest BCUT2D eigenvalue weighted by Crippen LogP contribution is -2.15. The van der Waals surface area contributed by atoms with Crippen LogP contribution >= 0.6 is 0 Å². The van der Waals surface area contributed by atoms with Crippen molar-refractivity contribution in [3.63, 3.8) is 0 Å². The third-order valence-corrected chi connectivity index (χ3v) is 13.1. The van der Waals surface area contributed by atoms with E-state index >= 15 is 0 Å². The van der Waals surface area contributed by atoms with Crippen LogP contribution < -0.4 is 0 Å². The lowest BCUT2D eigenvalue weighted by Gasteiger charge is -2.26. The largest absolute Gasteiger partial charge is 0.456 e. The highest BCUT2D eigenvalue weighted by Gasteiger charge is 2.29. The van der Waals surface area contributed by atoms with Gasteiger partial charge < -0.3 is 23.2 Å². The molecule has 280 valence electrons. The Morgan fingerprint density at radius 1 is 0.383 bits per heavy atom. The molecule has 0 aliphatic carbocycles. The lowest BCUT2D eigenvalue weighted by atomic mass is 9.89. The molecule has 14 rings (SSSR count). The lowest BCUT2D eigenvalue weighted by molar-refractivity contribution is 0.155. The van der Waals surface area contributed by atoms with E-state index in [4.69, 9.17) is 4.42 Å². The molecule has 0 bridgehead atoms. The summed E-state index contributed by atoms with van der Waals surface area (Å²) < 4.78 is 13.6. The summed E-state index contributed by atoms with van der Waals surface area (Å²) in [7, 11) is 0. The molecule has 0 spiro atoms. The molecular weight excluding hydrogens is 735 g/mol. The Morgan fingerprint density at radius 3 is 1.92 bits per heavy atom. The number of benzene rings is 9. The summed E-state index contributed by atoms with van der Waals surface area (Å²) >= 11 is 0. The minimum atomic E-state index is -0.791. The Bertz CT molecular complexity index is 3970. The van der Waals surface area contributed by atoms with Crippen molar-refractivity contribution in [2.24, 2.45) is 0 Å². The maximum Gasteiger partial charge on any atom is 0.158 e. The molecule has 1 aliphatic heterocycles. The smallest absolute Gasteiger partial charge is 0.158 e. The fraction of sp³-hybridized carbons (Fsp3) is 0.0182. The topological polar surface area (TPSA) is 48.2 Å². The Morgan fingerprint density at radius 2 is 1.07 bits per heavy atom. The summed E-state index contributed by atoms with van der Waals surface area (Å²) in [6.45, 7) is 0. The molecule has 0 saturated carbocycles. The standard InChI is InChI=1S/C55H33N3O2/c59-55-41-26-24-32(30-43(41)39-19-10-18-38-36-14-5-8-21-46(36)58(55)53(38)39)35-17-11-23-50-51(35)44-31-34(25-29-49(44)60-50)56-47-22-9-6-16-42(47)52-48(56)28-27-40-37-15-4-7-20-45(37)57(54(40)52)33-12-2-1-3-13-33/h1-31,55,59H. The molecule has 0 fully saturated rings. The van der Waals surface area contributed by atoms with E-state index < -0.39 is 6.23 Å². The van der Waals surface area contributed by atoms with Crippen molar-refractivity contribution in [2.75, 3.05) is 0 Å². The summed E-state index contributed by atoms with van der Waals surface area (Å²) in [6.07, 6.45) is -0.791. The third kappa shape index (κ3) is 4.09. The summed E-state index contributed by atoms with van der Waals surface area (Å²) in [5.41, 5.74) is 16.0. The molecule has 9 aromatic carbocycles. The van der Waals surface area contributed by atoms with Gasteiger partial charge in [-0.2, -0.15) is 0 Å². The highest BCUT2D eigenvalue weighted by atomic mass is 16.3. The second-order valence-electron chi connectivity index (χ2n) is 16.1. The number of aliphatic hydroxyl groups excluding tert-OH is 1. The predicted molar refractivity (Wildman–Crippen MR) is 247 cm³/mol. The number of fused-ring (bicyclic) bond motifs is 15. The van der Waals surface area contributed by atoms with Crippen LogP contribution in [0.1, 0.15) is 11.8 Å². The number of hydrogen-bond donors (Lipinski definition) is 1. The fourth-order valence-electron chi connectivity index (χ4n) is 10.7. The van der Waals surface area contributed by atoms with Crippen molar-refractivity contribution in [1.29, 1.82) is 0 Å². The molecule has 1 N–H and O–H groups in total. The number of aromatic nitrogens is 3. The Balaban J connectivity index is 1.01. The van der Waals surface area contributed by atoms with Gasteiger partial charge in [0.25, 0.3) is 0 Å². The molecule has 1 unspecified atom stereocenters. The molecule has 13 aromatic rings. The van der Waals surface area contributed by atoms with Gasteiger partial charge in [-0.1, -0.05) is 121 Å². The van der Waals surface area contributed by atoms with Crippen molar-refractivity contribution in [2.45, 2.75) is 6.23 Å². The number of para-hydroxylation sites is 5. The van der Waals surface area contributed by atoms with E-state index in [2.05, 4.69) is 196 Å². The molecule has 0 amide bonds. The van der Waals surface area contributed by atoms with E-state index in [-0.39, 0.29) is 0 Å². The van der Waals surface area contributed by atoms with Crippen molar-refractivity contribution in [1.82, 2.24) is 13.7 Å². The van der Waals surface area contributed by atoms with Gasteiger partial charge in [-0.3, -0.25) is 0 Å². The number of hydrogen-bond acceptors (Lipinski definition) is 2. The van der Waals surface area contributed by atoms with Gasteiger partial charge in [0, 0.05) is 65.6 Å². The average molecular weight is 768 g/mol. The monoisotopic (exact) mass is 767 g/mol. The first-order valence-corrected chi connectivity index (χ1v) is 20.5. The van der Waals surface area contributed by atoms with E-state index in [0.717, 1.165) is 94.0 Å². The van der Waals surface area contributed by atoms with Gasteiger partial charge in [0.15, 0.2) is 6.23 Å². The van der Waals surface area contributed by atoms with E-state index in [1.807, 2.05) is 6.07 Å². The van der Waals surface area contributed by atoms with Crippen molar-refractivity contribution in [3.05, 3.63) is 194 Å². The summed E-state index contributed by atoms with van der Waals surface area (Å²) in [6, 6.07) is 67.1. The van der Waals surface area contributed by atoms with E-state index in [1.54, 1.807) is 0 Å². The molecule has 60 heavy (non-hydrogen) atoms. The zero-order valence-electron chi connectivity index (χ0n) is 32.2. The van der Waals surface area contributed by atoms with Crippen LogP contribution in [0.15, 0.2) is 192 Å². The number of furan rings is 1. The number of rotatable bonds is 3. The van der Waals surface area contributed by atoms with Crippen molar-refractivity contribution in [3.8, 4) is 33.6 Å². The van der Waals surface area contributed by atoms with Crippen molar-refractivity contribution >= 4 is 87.4 Å². The Labute approximate surface area is 342 Å². The van der Waals surface area contributed by atoms with Gasteiger partial charge >= 0.3 is 0 Å². The van der Waals surface area contributed by atoms with Crippen LogP contribution in [-0.4, -0.2) is 18.8 Å². The van der Waals surface area contributed by atoms with E-state index in [9.17, 15) is 5.11 Å². The number of nitrogens with zero attached hydrogens (tertiary/aromatic N) is 3. The summed E-state index contributed by atoms with van der Waals surface area (Å²) in [5, 5.41) is 21.3. The van der Waals surface area contributed by atoms with Crippen LogP contribution in [0.25, 0.3) is 121 Å². The van der Waals surface area contributed by atoms with Crippen LogP contribution in [0.4, 0.5) is 0 Å². The third-order valence-electron chi connectivity index (χ3n) is 13.1. The molecule has 5 nitrogen and oxygen atoms in total. The SMILES string of the molecule is OC1c2ccc(-c3cccc4oc5ccc(-n6c7ccccc7c7c6ccc6c8ccccc8n(-c8ccccc8)c67)cc5c34)cc2-c2cccc3c4ccccc4n1c23. The summed E-state index contributed by atoms with van der Waals surface area (Å²) in [5.74, 6) is 0. The molecule has 5 heterocycles. The molecule has 0 saturated heterocycles. The zero-order valence-corrected chi connectivity index (χ0v) is 32.2. The predicted octanol–water partition coefficient (Wildman–Crippen LogP) is 14.1. The Hall–Kier alpha value is -7.86. The summed E-state index contributed by atoms with van der Waals surface area (Å²) in [4.78, 5) is 0. The molecular formula is C55H33N3O2.